The third kappa shape index (κ3) is 3.48. The van der Waals surface area contributed by atoms with E-state index in [0.717, 1.165) is 12.8 Å². The summed E-state index contributed by atoms with van der Waals surface area (Å²) in [6, 6.07) is 22.5. The van der Waals surface area contributed by atoms with Crippen LogP contribution in [0.4, 0.5) is 0 Å². The third-order valence-electron chi connectivity index (χ3n) is 5.59. The molecule has 1 saturated heterocycles. The van der Waals surface area contributed by atoms with Crippen molar-refractivity contribution < 1.29 is 4.79 Å². The van der Waals surface area contributed by atoms with Gasteiger partial charge in [0.1, 0.15) is 6.54 Å². The van der Waals surface area contributed by atoms with Gasteiger partial charge in [-0.1, -0.05) is 60.7 Å². The van der Waals surface area contributed by atoms with Gasteiger partial charge in [0, 0.05) is 30.9 Å². The Bertz CT molecular complexity index is 959. The molecule has 1 amide bonds. The normalized spacial score (nSPS) is 15.9. The molecule has 1 aliphatic heterocycles. The molecule has 0 N–H and O–H groups in total. The Kier molecular flexibility index (Phi) is 5.06. The number of aromatic nitrogens is 2. The topological polar surface area (TPSA) is 55.2 Å². The number of carbonyl (C=O) groups is 1. The maximum Gasteiger partial charge on any atom is 0.347 e. The van der Waals surface area contributed by atoms with Gasteiger partial charge in [0.15, 0.2) is 0 Å². The van der Waals surface area contributed by atoms with Gasteiger partial charge in [-0.3, -0.25) is 9.36 Å². The highest BCUT2D eigenvalue weighted by Gasteiger charge is 2.40. The molecule has 28 heavy (non-hydrogen) atoms. The molecule has 0 atom stereocenters. The summed E-state index contributed by atoms with van der Waals surface area (Å²) < 4.78 is 1.36. The van der Waals surface area contributed by atoms with Crippen molar-refractivity contribution in [2.45, 2.75) is 24.8 Å². The summed E-state index contributed by atoms with van der Waals surface area (Å²) in [6.45, 7) is 1.33. The molecule has 2 heterocycles. The lowest BCUT2D eigenvalue weighted by Gasteiger charge is -2.44. The lowest BCUT2D eigenvalue weighted by molar-refractivity contribution is -0.133. The standard InChI is InChI=1S/C23H23N3O2/c27-21(17-25-16-8-14-24-22(25)28)26-15-7-13-23(18-26,19-9-3-1-4-10-19)20-11-5-2-6-12-20/h1-6,8-12,14,16H,7,13,15,17-18H2. The highest BCUT2D eigenvalue weighted by molar-refractivity contribution is 5.76. The van der Waals surface area contributed by atoms with Crippen molar-refractivity contribution in [3.63, 3.8) is 0 Å². The summed E-state index contributed by atoms with van der Waals surface area (Å²) in [5.41, 5.74) is 1.80. The van der Waals surface area contributed by atoms with Crippen molar-refractivity contribution >= 4 is 5.91 Å². The Balaban J connectivity index is 1.66. The number of hydrogen-bond acceptors (Lipinski definition) is 3. The Hall–Kier alpha value is -3.21. The van der Waals surface area contributed by atoms with E-state index in [1.165, 1.54) is 21.9 Å². The number of piperidine rings is 1. The van der Waals surface area contributed by atoms with Crippen LogP contribution in [0.2, 0.25) is 0 Å². The van der Waals surface area contributed by atoms with Crippen molar-refractivity contribution in [2.75, 3.05) is 13.1 Å². The molecule has 1 aliphatic rings. The summed E-state index contributed by atoms with van der Waals surface area (Å²) in [5.74, 6) is -0.0500. The van der Waals surface area contributed by atoms with E-state index >= 15 is 0 Å². The molecule has 4 rings (SSSR count). The average molecular weight is 373 g/mol. The molecule has 1 fully saturated rings. The van der Waals surface area contributed by atoms with E-state index < -0.39 is 5.69 Å². The minimum atomic E-state index is -0.398. The SMILES string of the molecule is O=C(Cn1cccnc1=O)N1CCCC(c2ccccc2)(c2ccccc2)C1. The zero-order valence-corrected chi connectivity index (χ0v) is 15.7. The molecule has 0 radical (unpaired) electrons. The van der Waals surface area contributed by atoms with Gasteiger partial charge in [-0.2, -0.15) is 0 Å². The van der Waals surface area contributed by atoms with Crippen LogP contribution >= 0.6 is 0 Å². The van der Waals surface area contributed by atoms with Crippen molar-refractivity contribution in [3.8, 4) is 0 Å². The molecule has 0 bridgehead atoms. The van der Waals surface area contributed by atoms with Crippen LogP contribution in [0.25, 0.3) is 0 Å². The van der Waals surface area contributed by atoms with Crippen molar-refractivity contribution in [1.29, 1.82) is 0 Å². The predicted octanol–water partition coefficient (Wildman–Crippen LogP) is 2.85. The Morgan fingerprint density at radius 1 is 0.964 bits per heavy atom. The van der Waals surface area contributed by atoms with Crippen LogP contribution in [-0.4, -0.2) is 33.4 Å². The van der Waals surface area contributed by atoms with Crippen LogP contribution in [0.5, 0.6) is 0 Å². The zero-order valence-electron chi connectivity index (χ0n) is 15.7. The molecule has 0 saturated carbocycles. The number of hydrogen-bond donors (Lipinski definition) is 0. The molecule has 0 aliphatic carbocycles. The largest absolute Gasteiger partial charge is 0.347 e. The van der Waals surface area contributed by atoms with Crippen LogP contribution in [0.15, 0.2) is 83.9 Å². The second kappa shape index (κ2) is 7.80. The van der Waals surface area contributed by atoms with Crippen LogP contribution in [0.1, 0.15) is 24.0 Å². The van der Waals surface area contributed by atoms with Gasteiger partial charge >= 0.3 is 5.69 Å². The van der Waals surface area contributed by atoms with Gasteiger partial charge in [0.05, 0.1) is 0 Å². The molecule has 0 spiro atoms. The fourth-order valence-corrected chi connectivity index (χ4v) is 4.17. The summed E-state index contributed by atoms with van der Waals surface area (Å²) in [5, 5.41) is 0. The first-order valence-electron chi connectivity index (χ1n) is 9.59. The minimum absolute atomic E-state index is 0.0202. The maximum absolute atomic E-state index is 13.0. The molecule has 3 aromatic rings. The van der Waals surface area contributed by atoms with Gasteiger partial charge in [-0.05, 0) is 30.0 Å². The lowest BCUT2D eigenvalue weighted by atomic mass is 9.69. The van der Waals surface area contributed by atoms with Gasteiger partial charge in [0.2, 0.25) is 5.91 Å². The summed E-state index contributed by atoms with van der Waals surface area (Å²) in [4.78, 5) is 30.5. The fourth-order valence-electron chi connectivity index (χ4n) is 4.17. The minimum Gasteiger partial charge on any atom is -0.340 e. The van der Waals surface area contributed by atoms with E-state index in [1.807, 2.05) is 17.0 Å². The van der Waals surface area contributed by atoms with Crippen LogP contribution in [0, 0.1) is 0 Å². The predicted molar refractivity (Wildman–Crippen MR) is 108 cm³/mol. The number of amides is 1. The second-order valence-corrected chi connectivity index (χ2v) is 7.26. The van der Waals surface area contributed by atoms with E-state index in [4.69, 9.17) is 0 Å². The molecule has 2 aromatic carbocycles. The number of benzene rings is 2. The molecule has 0 unspecified atom stereocenters. The van der Waals surface area contributed by atoms with Gasteiger partial charge in [-0.15, -0.1) is 0 Å². The van der Waals surface area contributed by atoms with Gasteiger partial charge < -0.3 is 4.90 Å². The first kappa shape index (κ1) is 18.2. The third-order valence-corrected chi connectivity index (χ3v) is 5.59. The molecular weight excluding hydrogens is 350 g/mol. The number of likely N-dealkylation sites (tertiary alicyclic amines) is 1. The molecule has 5 heteroatoms. The highest BCUT2D eigenvalue weighted by atomic mass is 16.2. The number of carbonyl (C=O) groups excluding carboxylic acids is 1. The Morgan fingerprint density at radius 3 is 2.21 bits per heavy atom. The van der Waals surface area contributed by atoms with E-state index in [-0.39, 0.29) is 17.9 Å². The molecule has 5 nitrogen and oxygen atoms in total. The Labute approximate surface area is 164 Å². The van der Waals surface area contributed by atoms with Crippen LogP contribution in [-0.2, 0) is 16.8 Å². The maximum atomic E-state index is 13.0. The molecule has 142 valence electrons. The van der Waals surface area contributed by atoms with E-state index in [2.05, 4.69) is 53.5 Å². The van der Waals surface area contributed by atoms with Gasteiger partial charge in [0.25, 0.3) is 0 Å². The zero-order chi connectivity index (χ0) is 19.4. The van der Waals surface area contributed by atoms with Crippen molar-refractivity contribution in [3.05, 3.63) is 101 Å². The summed E-state index contributed by atoms with van der Waals surface area (Å²) >= 11 is 0. The van der Waals surface area contributed by atoms with Crippen molar-refractivity contribution in [1.82, 2.24) is 14.5 Å². The molecular formula is C23H23N3O2. The van der Waals surface area contributed by atoms with Crippen molar-refractivity contribution in [2.24, 2.45) is 0 Å². The number of rotatable bonds is 4. The highest BCUT2D eigenvalue weighted by Crippen LogP contribution is 2.40. The van der Waals surface area contributed by atoms with Crippen LogP contribution < -0.4 is 5.69 Å². The summed E-state index contributed by atoms with van der Waals surface area (Å²) in [7, 11) is 0. The van der Waals surface area contributed by atoms with E-state index in [1.54, 1.807) is 12.3 Å². The van der Waals surface area contributed by atoms with E-state index in [0.29, 0.717) is 13.1 Å². The first-order valence-corrected chi connectivity index (χ1v) is 9.59. The summed E-state index contributed by atoms with van der Waals surface area (Å²) in [6.07, 6.45) is 4.95. The Morgan fingerprint density at radius 2 is 1.61 bits per heavy atom. The van der Waals surface area contributed by atoms with E-state index in [9.17, 15) is 9.59 Å². The molecule has 1 aromatic heterocycles. The smallest absolute Gasteiger partial charge is 0.340 e. The van der Waals surface area contributed by atoms with Crippen LogP contribution in [0.3, 0.4) is 0 Å². The average Bonchev–Trinajstić information content (AvgIpc) is 2.76. The monoisotopic (exact) mass is 373 g/mol. The second-order valence-electron chi connectivity index (χ2n) is 7.26. The lowest BCUT2D eigenvalue weighted by Crippen LogP contribution is -2.50. The fraction of sp³-hybridized carbons (Fsp3) is 0.261. The van der Waals surface area contributed by atoms with Gasteiger partial charge in [-0.25, -0.2) is 9.78 Å². The first-order chi connectivity index (χ1) is 13.7. The number of nitrogens with zero attached hydrogens (tertiary/aromatic N) is 3. The quantitative estimate of drug-likeness (QED) is 0.707.